The SMILES string of the molecule is CN[C@@H](CCC(=O)O)C(=O)N[C@@H](Cc1ccccc1)C(=O)OC. The van der Waals surface area contributed by atoms with E-state index in [0.717, 1.165) is 5.56 Å². The molecule has 1 amide bonds. The number of carboxylic acids is 1. The van der Waals surface area contributed by atoms with Crippen LogP contribution in [0.3, 0.4) is 0 Å². The molecule has 0 spiro atoms. The van der Waals surface area contributed by atoms with Gasteiger partial charge >= 0.3 is 11.9 Å². The highest BCUT2D eigenvalue weighted by Crippen LogP contribution is 2.06. The van der Waals surface area contributed by atoms with Crippen molar-refractivity contribution in [1.29, 1.82) is 0 Å². The smallest absolute Gasteiger partial charge is 0.328 e. The molecule has 1 aromatic carbocycles. The molecule has 7 nitrogen and oxygen atoms in total. The van der Waals surface area contributed by atoms with Gasteiger partial charge in [-0.25, -0.2) is 4.79 Å². The van der Waals surface area contributed by atoms with Crippen LogP contribution < -0.4 is 10.6 Å². The lowest BCUT2D eigenvalue weighted by molar-refractivity contribution is -0.145. The quantitative estimate of drug-likeness (QED) is 0.566. The van der Waals surface area contributed by atoms with Gasteiger partial charge in [-0.3, -0.25) is 9.59 Å². The van der Waals surface area contributed by atoms with E-state index in [-0.39, 0.29) is 12.8 Å². The Balaban J connectivity index is 2.73. The highest BCUT2D eigenvalue weighted by molar-refractivity contribution is 5.88. The number of ether oxygens (including phenoxy) is 1. The molecule has 0 radical (unpaired) electrons. The average Bonchev–Trinajstić information content (AvgIpc) is 2.54. The summed E-state index contributed by atoms with van der Waals surface area (Å²) < 4.78 is 4.73. The minimum atomic E-state index is -0.980. The van der Waals surface area contributed by atoms with Gasteiger partial charge in [0.1, 0.15) is 6.04 Å². The molecule has 0 unspecified atom stereocenters. The molecule has 0 heterocycles. The predicted molar refractivity (Wildman–Crippen MR) is 83.8 cm³/mol. The summed E-state index contributed by atoms with van der Waals surface area (Å²) in [5.41, 5.74) is 0.884. The zero-order valence-corrected chi connectivity index (χ0v) is 13.2. The number of amides is 1. The van der Waals surface area contributed by atoms with Crippen LogP contribution in [0.15, 0.2) is 30.3 Å². The van der Waals surface area contributed by atoms with Crippen LogP contribution in [0.25, 0.3) is 0 Å². The monoisotopic (exact) mass is 322 g/mol. The normalized spacial score (nSPS) is 13.0. The predicted octanol–water partition coefficient (Wildman–Crippen LogP) is 0.340. The number of hydrogen-bond acceptors (Lipinski definition) is 5. The largest absolute Gasteiger partial charge is 0.481 e. The van der Waals surface area contributed by atoms with E-state index in [1.165, 1.54) is 7.11 Å². The molecule has 0 aromatic heterocycles. The molecule has 2 atom stereocenters. The van der Waals surface area contributed by atoms with Crippen LogP contribution in [0.4, 0.5) is 0 Å². The maximum absolute atomic E-state index is 12.2. The Morgan fingerprint density at radius 1 is 1.17 bits per heavy atom. The number of nitrogens with one attached hydrogen (secondary N) is 2. The summed E-state index contributed by atoms with van der Waals surface area (Å²) in [4.78, 5) is 34.7. The summed E-state index contributed by atoms with van der Waals surface area (Å²) in [5, 5.41) is 14.1. The van der Waals surface area contributed by atoms with Gasteiger partial charge in [0.05, 0.1) is 13.2 Å². The van der Waals surface area contributed by atoms with E-state index in [2.05, 4.69) is 10.6 Å². The number of benzene rings is 1. The summed E-state index contributed by atoms with van der Waals surface area (Å²) >= 11 is 0. The van der Waals surface area contributed by atoms with Crippen molar-refractivity contribution in [2.24, 2.45) is 0 Å². The van der Waals surface area contributed by atoms with Gasteiger partial charge in [-0.1, -0.05) is 30.3 Å². The first kappa shape index (κ1) is 18.6. The number of hydrogen-bond donors (Lipinski definition) is 3. The highest BCUT2D eigenvalue weighted by Gasteiger charge is 2.26. The Morgan fingerprint density at radius 3 is 2.35 bits per heavy atom. The van der Waals surface area contributed by atoms with E-state index < -0.39 is 29.9 Å². The van der Waals surface area contributed by atoms with Crippen molar-refractivity contribution < 1.29 is 24.2 Å². The molecule has 0 fully saturated rings. The third-order valence-corrected chi connectivity index (χ3v) is 3.40. The first-order valence-corrected chi connectivity index (χ1v) is 7.29. The van der Waals surface area contributed by atoms with Crippen LogP contribution in [-0.2, 0) is 25.5 Å². The van der Waals surface area contributed by atoms with Crippen molar-refractivity contribution in [3.05, 3.63) is 35.9 Å². The molecule has 0 saturated heterocycles. The number of rotatable bonds is 9. The molecule has 0 bridgehead atoms. The molecule has 7 heteroatoms. The Hall–Kier alpha value is -2.41. The molecule has 1 aromatic rings. The topological polar surface area (TPSA) is 105 Å². The zero-order valence-electron chi connectivity index (χ0n) is 13.2. The zero-order chi connectivity index (χ0) is 17.2. The van der Waals surface area contributed by atoms with E-state index >= 15 is 0 Å². The molecular weight excluding hydrogens is 300 g/mol. The van der Waals surface area contributed by atoms with Crippen LogP contribution in [0.1, 0.15) is 18.4 Å². The lowest BCUT2D eigenvalue weighted by Gasteiger charge is -2.21. The van der Waals surface area contributed by atoms with Crippen LogP contribution in [0, 0.1) is 0 Å². The summed E-state index contributed by atoms with van der Waals surface area (Å²) in [6.45, 7) is 0. The van der Waals surface area contributed by atoms with Crippen molar-refractivity contribution in [2.75, 3.05) is 14.2 Å². The number of likely N-dealkylation sites (N-methyl/N-ethyl adjacent to an activating group) is 1. The second-order valence-electron chi connectivity index (χ2n) is 5.05. The summed E-state index contributed by atoms with van der Waals surface area (Å²) in [6, 6.07) is 7.73. The second kappa shape index (κ2) is 9.58. The molecule has 1 rings (SSSR count). The molecule has 126 valence electrons. The van der Waals surface area contributed by atoms with Gasteiger partial charge in [0.25, 0.3) is 0 Å². The number of esters is 1. The fraction of sp³-hybridized carbons (Fsp3) is 0.438. The lowest BCUT2D eigenvalue weighted by Crippen LogP contribution is -2.50. The maximum Gasteiger partial charge on any atom is 0.328 e. The Labute approximate surface area is 135 Å². The van der Waals surface area contributed by atoms with Gasteiger partial charge in [-0.2, -0.15) is 0 Å². The van der Waals surface area contributed by atoms with Crippen LogP contribution in [-0.4, -0.2) is 49.2 Å². The van der Waals surface area contributed by atoms with Crippen LogP contribution >= 0.6 is 0 Å². The molecular formula is C16H22N2O5. The molecule has 23 heavy (non-hydrogen) atoms. The third-order valence-electron chi connectivity index (χ3n) is 3.40. The Kier molecular flexibility index (Phi) is 7.76. The molecule has 0 aliphatic heterocycles. The van der Waals surface area contributed by atoms with Gasteiger partial charge < -0.3 is 20.5 Å². The number of aliphatic carboxylic acids is 1. The van der Waals surface area contributed by atoms with Crippen LogP contribution in [0.5, 0.6) is 0 Å². The van der Waals surface area contributed by atoms with Gasteiger partial charge in [0, 0.05) is 12.8 Å². The van der Waals surface area contributed by atoms with Gasteiger partial charge in [0.15, 0.2) is 0 Å². The number of methoxy groups -OCH3 is 1. The van der Waals surface area contributed by atoms with Crippen molar-refractivity contribution in [2.45, 2.75) is 31.3 Å². The van der Waals surface area contributed by atoms with Gasteiger partial charge in [-0.15, -0.1) is 0 Å². The fourth-order valence-corrected chi connectivity index (χ4v) is 2.13. The van der Waals surface area contributed by atoms with E-state index in [9.17, 15) is 14.4 Å². The van der Waals surface area contributed by atoms with Crippen LogP contribution in [0.2, 0.25) is 0 Å². The van der Waals surface area contributed by atoms with Crippen molar-refractivity contribution in [3.63, 3.8) is 0 Å². The van der Waals surface area contributed by atoms with E-state index in [4.69, 9.17) is 9.84 Å². The average molecular weight is 322 g/mol. The molecule has 0 saturated carbocycles. The Bertz CT molecular complexity index is 533. The minimum Gasteiger partial charge on any atom is -0.481 e. The second-order valence-corrected chi connectivity index (χ2v) is 5.05. The molecule has 0 aliphatic carbocycles. The number of carbonyl (C=O) groups is 3. The summed E-state index contributed by atoms with van der Waals surface area (Å²) in [5.74, 6) is -1.96. The minimum absolute atomic E-state index is 0.136. The fourth-order valence-electron chi connectivity index (χ4n) is 2.13. The Morgan fingerprint density at radius 2 is 1.83 bits per heavy atom. The first-order valence-electron chi connectivity index (χ1n) is 7.29. The highest BCUT2D eigenvalue weighted by atomic mass is 16.5. The number of carboxylic acid groups (broad SMARTS) is 1. The standard InChI is InChI=1S/C16H22N2O5/c1-17-12(8-9-14(19)20)15(21)18-13(16(22)23-2)10-11-6-4-3-5-7-11/h3-7,12-13,17H,8-10H2,1-2H3,(H,18,21)(H,19,20)/t12-,13-/m0/s1. The van der Waals surface area contributed by atoms with Crippen molar-refractivity contribution in [1.82, 2.24) is 10.6 Å². The third kappa shape index (κ3) is 6.48. The van der Waals surface area contributed by atoms with Crippen molar-refractivity contribution in [3.8, 4) is 0 Å². The molecule has 0 aliphatic rings. The molecule has 3 N–H and O–H groups in total. The van der Waals surface area contributed by atoms with E-state index in [1.807, 2.05) is 30.3 Å². The van der Waals surface area contributed by atoms with E-state index in [1.54, 1.807) is 7.05 Å². The van der Waals surface area contributed by atoms with Crippen molar-refractivity contribution >= 4 is 17.8 Å². The maximum atomic E-state index is 12.2. The van der Waals surface area contributed by atoms with Gasteiger partial charge in [0.2, 0.25) is 5.91 Å². The summed E-state index contributed by atoms with van der Waals surface area (Å²) in [6.07, 6.45) is 0.298. The first-order chi connectivity index (χ1) is 11.0. The van der Waals surface area contributed by atoms with E-state index in [0.29, 0.717) is 6.42 Å². The number of carbonyl (C=O) groups excluding carboxylic acids is 2. The summed E-state index contributed by atoms with van der Waals surface area (Å²) in [7, 11) is 2.82. The van der Waals surface area contributed by atoms with Gasteiger partial charge in [-0.05, 0) is 19.0 Å². The lowest BCUT2D eigenvalue weighted by atomic mass is 10.0.